The maximum absolute atomic E-state index is 5.99. The minimum Gasteiger partial charge on any atom is -0.492 e. The number of para-hydroxylation sites is 1. The van der Waals surface area contributed by atoms with Crippen molar-refractivity contribution in [1.82, 2.24) is 0 Å². The minimum atomic E-state index is 0.138. The van der Waals surface area contributed by atoms with Gasteiger partial charge in [-0.2, -0.15) is 0 Å². The molecular formula is C15H23NO. The van der Waals surface area contributed by atoms with E-state index in [1.54, 1.807) is 0 Å². The first-order valence-corrected chi connectivity index (χ1v) is 6.37. The lowest BCUT2D eigenvalue weighted by molar-refractivity contribution is 0.279. The summed E-state index contributed by atoms with van der Waals surface area (Å²) in [6.45, 7) is 4.31. The summed E-state index contributed by atoms with van der Waals surface area (Å²) >= 11 is 0. The number of unbranched alkanes of at least 4 members (excludes halogenated alkanes) is 3. The molecule has 0 amide bonds. The van der Waals surface area contributed by atoms with Crippen molar-refractivity contribution in [2.75, 3.05) is 6.61 Å². The number of rotatable bonds is 9. The van der Waals surface area contributed by atoms with E-state index in [4.69, 9.17) is 10.5 Å². The number of allylic oxidation sites excluding steroid dienone is 1. The van der Waals surface area contributed by atoms with Gasteiger partial charge in [-0.05, 0) is 31.4 Å². The van der Waals surface area contributed by atoms with Crippen LogP contribution < -0.4 is 10.5 Å². The molecule has 1 aromatic rings. The lowest BCUT2D eigenvalue weighted by atomic mass is 10.1. The molecule has 0 aliphatic heterocycles. The van der Waals surface area contributed by atoms with Crippen LogP contribution in [0.5, 0.6) is 5.75 Å². The van der Waals surface area contributed by atoms with Crippen LogP contribution in [-0.4, -0.2) is 12.6 Å². The quantitative estimate of drug-likeness (QED) is 0.523. The Morgan fingerprint density at radius 2 is 1.94 bits per heavy atom. The summed E-state index contributed by atoms with van der Waals surface area (Å²) in [6, 6.07) is 9.96. The van der Waals surface area contributed by atoms with Gasteiger partial charge in [0.15, 0.2) is 0 Å². The van der Waals surface area contributed by atoms with Crippen molar-refractivity contribution in [2.24, 2.45) is 5.73 Å². The lowest BCUT2D eigenvalue weighted by Gasteiger charge is -2.12. The highest BCUT2D eigenvalue weighted by molar-refractivity contribution is 5.20. The number of hydrogen-bond acceptors (Lipinski definition) is 2. The highest BCUT2D eigenvalue weighted by Gasteiger charge is 2.03. The zero-order chi connectivity index (χ0) is 12.3. The molecule has 17 heavy (non-hydrogen) atoms. The Hall–Kier alpha value is -1.28. The summed E-state index contributed by atoms with van der Waals surface area (Å²) in [4.78, 5) is 0. The average Bonchev–Trinajstić information content (AvgIpc) is 2.37. The van der Waals surface area contributed by atoms with Crippen LogP contribution in [0.2, 0.25) is 0 Å². The molecule has 0 aliphatic carbocycles. The number of benzene rings is 1. The van der Waals surface area contributed by atoms with Crippen molar-refractivity contribution < 1.29 is 4.74 Å². The van der Waals surface area contributed by atoms with Crippen LogP contribution >= 0.6 is 0 Å². The normalized spacial score (nSPS) is 12.1. The molecule has 1 unspecified atom stereocenters. The van der Waals surface area contributed by atoms with Gasteiger partial charge < -0.3 is 10.5 Å². The molecule has 0 saturated heterocycles. The Bertz CT molecular complexity index is 297. The van der Waals surface area contributed by atoms with Crippen LogP contribution in [0.25, 0.3) is 0 Å². The molecule has 0 fully saturated rings. The largest absolute Gasteiger partial charge is 0.492 e. The first-order chi connectivity index (χ1) is 8.33. The van der Waals surface area contributed by atoms with Gasteiger partial charge >= 0.3 is 0 Å². The summed E-state index contributed by atoms with van der Waals surface area (Å²) < 4.78 is 5.60. The first kappa shape index (κ1) is 13.8. The van der Waals surface area contributed by atoms with Crippen LogP contribution in [0.15, 0.2) is 43.0 Å². The van der Waals surface area contributed by atoms with Gasteiger partial charge in [0, 0.05) is 6.04 Å². The maximum atomic E-state index is 5.99. The third kappa shape index (κ3) is 6.80. The van der Waals surface area contributed by atoms with E-state index in [0.29, 0.717) is 6.61 Å². The molecule has 0 spiro atoms. The van der Waals surface area contributed by atoms with Crippen LogP contribution in [0.3, 0.4) is 0 Å². The minimum absolute atomic E-state index is 0.138. The first-order valence-electron chi connectivity index (χ1n) is 6.37. The highest BCUT2D eigenvalue weighted by atomic mass is 16.5. The van der Waals surface area contributed by atoms with Crippen molar-refractivity contribution >= 4 is 0 Å². The third-order valence-corrected chi connectivity index (χ3v) is 2.69. The Kier molecular flexibility index (Phi) is 7.15. The van der Waals surface area contributed by atoms with Crippen LogP contribution in [-0.2, 0) is 0 Å². The van der Waals surface area contributed by atoms with Crippen molar-refractivity contribution in [3.63, 3.8) is 0 Å². The second-order valence-corrected chi connectivity index (χ2v) is 4.31. The smallest absolute Gasteiger partial charge is 0.119 e. The molecule has 0 heterocycles. The fourth-order valence-corrected chi connectivity index (χ4v) is 1.68. The molecule has 0 radical (unpaired) electrons. The zero-order valence-corrected chi connectivity index (χ0v) is 10.5. The lowest BCUT2D eigenvalue weighted by Crippen LogP contribution is -2.27. The Balaban J connectivity index is 2.05. The van der Waals surface area contributed by atoms with E-state index < -0.39 is 0 Å². The van der Waals surface area contributed by atoms with Crippen LogP contribution in [0, 0.1) is 0 Å². The van der Waals surface area contributed by atoms with Gasteiger partial charge in [-0.25, -0.2) is 0 Å². The molecule has 94 valence electrons. The van der Waals surface area contributed by atoms with Gasteiger partial charge in [-0.3, -0.25) is 0 Å². The summed E-state index contributed by atoms with van der Waals surface area (Å²) in [5, 5.41) is 0. The molecule has 2 heteroatoms. The molecule has 2 nitrogen and oxygen atoms in total. The van der Waals surface area contributed by atoms with Gasteiger partial charge in [-0.15, -0.1) is 6.58 Å². The second-order valence-electron chi connectivity index (χ2n) is 4.31. The molecule has 0 aromatic heterocycles. The molecule has 1 atom stereocenters. The Labute approximate surface area is 104 Å². The van der Waals surface area contributed by atoms with Crippen molar-refractivity contribution in [2.45, 2.75) is 38.1 Å². The molecule has 2 N–H and O–H groups in total. The fraction of sp³-hybridized carbons (Fsp3) is 0.467. The molecule has 1 rings (SSSR count). The van der Waals surface area contributed by atoms with E-state index >= 15 is 0 Å². The van der Waals surface area contributed by atoms with E-state index in [9.17, 15) is 0 Å². The average molecular weight is 233 g/mol. The van der Waals surface area contributed by atoms with E-state index in [-0.39, 0.29) is 6.04 Å². The van der Waals surface area contributed by atoms with Crippen LogP contribution in [0.1, 0.15) is 32.1 Å². The van der Waals surface area contributed by atoms with Gasteiger partial charge in [-0.1, -0.05) is 37.1 Å². The molecule has 0 saturated carbocycles. The maximum Gasteiger partial charge on any atom is 0.119 e. The van der Waals surface area contributed by atoms with Crippen LogP contribution in [0.4, 0.5) is 0 Å². The SMILES string of the molecule is C=CCCCCCC(N)COc1ccccc1. The van der Waals surface area contributed by atoms with Crippen molar-refractivity contribution in [1.29, 1.82) is 0 Å². The summed E-state index contributed by atoms with van der Waals surface area (Å²) in [5.74, 6) is 0.898. The predicted molar refractivity (Wildman–Crippen MR) is 73.2 cm³/mol. The number of nitrogens with two attached hydrogens (primary N) is 1. The number of ether oxygens (including phenoxy) is 1. The monoisotopic (exact) mass is 233 g/mol. The molecular weight excluding hydrogens is 210 g/mol. The Morgan fingerprint density at radius 3 is 2.65 bits per heavy atom. The highest BCUT2D eigenvalue weighted by Crippen LogP contribution is 2.10. The van der Waals surface area contributed by atoms with Crippen molar-refractivity contribution in [3.05, 3.63) is 43.0 Å². The summed E-state index contributed by atoms with van der Waals surface area (Å²) in [7, 11) is 0. The summed E-state index contributed by atoms with van der Waals surface area (Å²) in [5.41, 5.74) is 5.99. The van der Waals surface area contributed by atoms with Gasteiger partial charge in [0.25, 0.3) is 0 Å². The van der Waals surface area contributed by atoms with E-state index in [2.05, 4.69) is 6.58 Å². The van der Waals surface area contributed by atoms with E-state index in [1.165, 1.54) is 19.3 Å². The topological polar surface area (TPSA) is 35.2 Å². The predicted octanol–water partition coefficient (Wildman–Crippen LogP) is 3.53. The van der Waals surface area contributed by atoms with Gasteiger partial charge in [0.1, 0.15) is 12.4 Å². The zero-order valence-electron chi connectivity index (χ0n) is 10.5. The van der Waals surface area contributed by atoms with E-state index in [0.717, 1.165) is 18.6 Å². The molecule has 0 aliphatic rings. The molecule has 1 aromatic carbocycles. The van der Waals surface area contributed by atoms with Gasteiger partial charge in [0.05, 0.1) is 0 Å². The second kappa shape index (κ2) is 8.82. The summed E-state index contributed by atoms with van der Waals surface area (Å²) in [6.07, 6.45) is 7.73. The van der Waals surface area contributed by atoms with E-state index in [1.807, 2.05) is 36.4 Å². The standard InChI is InChI=1S/C15H23NO/c1-2-3-4-5-7-10-14(16)13-17-15-11-8-6-9-12-15/h2,6,8-9,11-12,14H,1,3-5,7,10,13,16H2. The Morgan fingerprint density at radius 1 is 1.18 bits per heavy atom. The third-order valence-electron chi connectivity index (χ3n) is 2.69. The molecule has 0 bridgehead atoms. The van der Waals surface area contributed by atoms with Gasteiger partial charge in [0.2, 0.25) is 0 Å². The fourth-order valence-electron chi connectivity index (χ4n) is 1.68. The number of hydrogen-bond donors (Lipinski definition) is 1. The van der Waals surface area contributed by atoms with Crippen molar-refractivity contribution in [3.8, 4) is 5.75 Å².